The molecule has 1 unspecified atom stereocenters. The first kappa shape index (κ1) is 9.82. The summed E-state index contributed by atoms with van der Waals surface area (Å²) in [5, 5.41) is 0. The monoisotopic (exact) mass is 212 g/mol. The predicted octanol–water partition coefficient (Wildman–Crippen LogP) is -0.444. The summed E-state index contributed by atoms with van der Waals surface area (Å²) in [6, 6.07) is 0. The van der Waals surface area contributed by atoms with Crippen LogP contribution in [0.25, 0.3) is 0 Å². The quantitative estimate of drug-likeness (QED) is 0.455. The van der Waals surface area contributed by atoms with Crippen molar-refractivity contribution in [2.45, 2.75) is 19.3 Å². The lowest BCUT2D eigenvalue weighted by Crippen LogP contribution is -2.16. The van der Waals surface area contributed by atoms with Gasteiger partial charge in [0.2, 0.25) is 0 Å². The Balaban J connectivity index is 1.98. The van der Waals surface area contributed by atoms with Crippen molar-refractivity contribution in [3.05, 3.63) is 0 Å². The molecule has 15 heavy (non-hydrogen) atoms. The second-order valence-corrected chi connectivity index (χ2v) is 3.62. The number of esters is 4. The van der Waals surface area contributed by atoms with Gasteiger partial charge in [0.05, 0.1) is 24.7 Å². The first-order valence-corrected chi connectivity index (χ1v) is 4.55. The highest BCUT2D eigenvalue weighted by Gasteiger charge is 2.41. The number of ether oxygens (including phenoxy) is 2. The molecule has 6 heteroatoms. The Hall–Kier alpha value is -1.72. The van der Waals surface area contributed by atoms with Crippen molar-refractivity contribution < 1.29 is 28.7 Å². The second kappa shape index (κ2) is 3.45. The van der Waals surface area contributed by atoms with Crippen molar-refractivity contribution in [2.24, 2.45) is 11.8 Å². The highest BCUT2D eigenvalue weighted by atomic mass is 16.6. The van der Waals surface area contributed by atoms with Gasteiger partial charge in [-0.1, -0.05) is 0 Å². The fraction of sp³-hybridized carbons (Fsp3) is 0.556. The Kier molecular flexibility index (Phi) is 2.26. The first-order valence-electron chi connectivity index (χ1n) is 4.55. The third kappa shape index (κ3) is 1.88. The van der Waals surface area contributed by atoms with Crippen molar-refractivity contribution in [3.8, 4) is 0 Å². The van der Waals surface area contributed by atoms with Gasteiger partial charge in [0.1, 0.15) is 0 Å². The van der Waals surface area contributed by atoms with Crippen molar-refractivity contribution in [2.75, 3.05) is 0 Å². The maximum absolute atomic E-state index is 11.1. The Morgan fingerprint density at radius 2 is 1.27 bits per heavy atom. The largest absolute Gasteiger partial charge is 0.393 e. The van der Waals surface area contributed by atoms with Gasteiger partial charge in [-0.05, 0) is 6.42 Å². The molecule has 2 saturated heterocycles. The molecule has 0 spiro atoms. The van der Waals surface area contributed by atoms with E-state index in [0.29, 0.717) is 0 Å². The third-order valence-electron chi connectivity index (χ3n) is 2.49. The summed E-state index contributed by atoms with van der Waals surface area (Å²) in [5.74, 6) is -3.62. The summed E-state index contributed by atoms with van der Waals surface area (Å²) < 4.78 is 8.66. The molecule has 80 valence electrons. The highest BCUT2D eigenvalue weighted by Crippen LogP contribution is 2.29. The normalized spacial score (nSPS) is 30.7. The maximum atomic E-state index is 11.1. The van der Waals surface area contributed by atoms with Crippen molar-refractivity contribution >= 4 is 23.9 Å². The second-order valence-electron chi connectivity index (χ2n) is 3.62. The molecule has 6 nitrogen and oxygen atoms in total. The molecule has 0 aromatic carbocycles. The van der Waals surface area contributed by atoms with E-state index in [1.54, 1.807) is 0 Å². The molecule has 0 bridgehead atoms. The molecule has 2 aliphatic heterocycles. The summed E-state index contributed by atoms with van der Waals surface area (Å²) >= 11 is 0. The van der Waals surface area contributed by atoms with Crippen LogP contribution in [0.3, 0.4) is 0 Å². The van der Waals surface area contributed by atoms with Gasteiger partial charge in [-0.3, -0.25) is 19.2 Å². The first-order chi connectivity index (χ1) is 7.06. The van der Waals surface area contributed by atoms with Crippen LogP contribution in [-0.4, -0.2) is 23.9 Å². The average molecular weight is 212 g/mol. The Labute approximate surface area is 84.5 Å². The van der Waals surface area contributed by atoms with E-state index in [-0.39, 0.29) is 19.3 Å². The van der Waals surface area contributed by atoms with Crippen LogP contribution in [0.15, 0.2) is 0 Å². The van der Waals surface area contributed by atoms with Gasteiger partial charge in [-0.15, -0.1) is 0 Å². The summed E-state index contributed by atoms with van der Waals surface area (Å²) in [5.41, 5.74) is 0. The van der Waals surface area contributed by atoms with Gasteiger partial charge in [-0.25, -0.2) is 0 Å². The molecule has 0 aromatic heterocycles. The number of rotatable bonds is 2. The van der Waals surface area contributed by atoms with E-state index in [1.165, 1.54) is 0 Å². The van der Waals surface area contributed by atoms with Crippen LogP contribution in [0.4, 0.5) is 0 Å². The van der Waals surface area contributed by atoms with Gasteiger partial charge in [0.15, 0.2) is 0 Å². The summed E-state index contributed by atoms with van der Waals surface area (Å²) in [4.78, 5) is 43.7. The van der Waals surface area contributed by atoms with Gasteiger partial charge < -0.3 is 9.47 Å². The van der Waals surface area contributed by atoms with E-state index in [1.807, 2.05) is 0 Å². The zero-order valence-corrected chi connectivity index (χ0v) is 7.73. The van der Waals surface area contributed by atoms with E-state index in [2.05, 4.69) is 9.47 Å². The standard InChI is InChI=1S/C9H8O6/c10-6-2-4(8(12)14-6)1-5-3-7(11)15-9(5)13/h4-5H,1-3H2/t4-,5?/m0/s1. The topological polar surface area (TPSA) is 86.7 Å². The van der Waals surface area contributed by atoms with Crippen LogP contribution in [0.2, 0.25) is 0 Å². The van der Waals surface area contributed by atoms with E-state index in [9.17, 15) is 19.2 Å². The van der Waals surface area contributed by atoms with E-state index < -0.39 is 35.7 Å². The Morgan fingerprint density at radius 1 is 0.867 bits per heavy atom. The fourth-order valence-corrected chi connectivity index (χ4v) is 1.75. The molecular weight excluding hydrogens is 204 g/mol. The molecular formula is C9H8O6. The zero-order chi connectivity index (χ0) is 11.0. The molecule has 0 radical (unpaired) electrons. The summed E-state index contributed by atoms with van der Waals surface area (Å²) in [6.45, 7) is 0. The van der Waals surface area contributed by atoms with Crippen LogP contribution in [0.1, 0.15) is 19.3 Å². The Morgan fingerprint density at radius 3 is 1.53 bits per heavy atom. The fourth-order valence-electron chi connectivity index (χ4n) is 1.75. The maximum Gasteiger partial charge on any atom is 0.317 e. The number of hydrogen-bond donors (Lipinski definition) is 0. The minimum Gasteiger partial charge on any atom is -0.393 e. The number of hydrogen-bond acceptors (Lipinski definition) is 6. The minimum atomic E-state index is -0.618. The Bertz CT molecular complexity index is 324. The van der Waals surface area contributed by atoms with E-state index in [0.717, 1.165) is 0 Å². The van der Waals surface area contributed by atoms with E-state index >= 15 is 0 Å². The van der Waals surface area contributed by atoms with Crippen LogP contribution < -0.4 is 0 Å². The molecule has 2 heterocycles. The molecule has 0 N–H and O–H groups in total. The lowest BCUT2D eigenvalue weighted by Gasteiger charge is -2.06. The van der Waals surface area contributed by atoms with Crippen molar-refractivity contribution in [1.29, 1.82) is 0 Å². The third-order valence-corrected chi connectivity index (χ3v) is 2.49. The molecule has 0 amide bonds. The molecule has 0 saturated carbocycles. The molecule has 0 aliphatic carbocycles. The molecule has 2 fully saturated rings. The van der Waals surface area contributed by atoms with Gasteiger partial charge in [0, 0.05) is 0 Å². The van der Waals surface area contributed by atoms with Crippen LogP contribution in [0.5, 0.6) is 0 Å². The molecule has 0 aromatic rings. The minimum absolute atomic E-state index is 0.0171. The summed E-state index contributed by atoms with van der Waals surface area (Å²) in [7, 11) is 0. The van der Waals surface area contributed by atoms with Gasteiger partial charge in [0.25, 0.3) is 0 Å². The number of carbonyl (C=O) groups excluding carboxylic acids is 4. The van der Waals surface area contributed by atoms with Crippen LogP contribution in [-0.2, 0) is 28.7 Å². The number of carbonyl (C=O) groups is 4. The van der Waals surface area contributed by atoms with Crippen molar-refractivity contribution in [1.82, 2.24) is 0 Å². The highest BCUT2D eigenvalue weighted by molar-refractivity contribution is 5.97. The van der Waals surface area contributed by atoms with E-state index in [4.69, 9.17) is 0 Å². The van der Waals surface area contributed by atoms with Crippen LogP contribution in [0, 0.1) is 11.8 Å². The lowest BCUT2D eigenvalue weighted by atomic mass is 9.92. The molecule has 2 atom stereocenters. The SMILES string of the molecule is O=C1CC(C[C@H]2CC(=O)OC2=O)C(=O)O1. The number of cyclic esters (lactones) is 4. The molecule has 2 aliphatic rings. The van der Waals surface area contributed by atoms with Gasteiger partial charge >= 0.3 is 23.9 Å². The average Bonchev–Trinajstić information content (AvgIpc) is 2.58. The summed E-state index contributed by atoms with van der Waals surface area (Å²) in [6.07, 6.45) is 0.114. The van der Waals surface area contributed by atoms with Crippen molar-refractivity contribution in [3.63, 3.8) is 0 Å². The lowest BCUT2D eigenvalue weighted by molar-refractivity contribution is -0.153. The van der Waals surface area contributed by atoms with Gasteiger partial charge in [-0.2, -0.15) is 0 Å². The zero-order valence-electron chi connectivity index (χ0n) is 7.73. The van der Waals surface area contributed by atoms with Crippen LogP contribution >= 0.6 is 0 Å². The predicted molar refractivity (Wildman–Crippen MR) is 43.0 cm³/mol. The smallest absolute Gasteiger partial charge is 0.317 e. The molecule has 2 rings (SSSR count).